The van der Waals surface area contributed by atoms with E-state index in [2.05, 4.69) is 29.2 Å². The lowest BCUT2D eigenvalue weighted by atomic mass is 9.89. The summed E-state index contributed by atoms with van der Waals surface area (Å²) in [5.41, 5.74) is 0.263. The zero-order valence-electron chi connectivity index (χ0n) is 12.9. The van der Waals surface area contributed by atoms with E-state index in [1.54, 1.807) is 0 Å². The Kier molecular flexibility index (Phi) is 7.53. The highest BCUT2D eigenvalue weighted by Gasteiger charge is 2.33. The fraction of sp³-hybridized carbons (Fsp3) is 0.929. The van der Waals surface area contributed by atoms with E-state index in [0.717, 1.165) is 51.4 Å². The predicted molar refractivity (Wildman–Crippen MR) is 91.9 cm³/mol. The molecule has 1 aliphatic carbocycles. The Morgan fingerprint density at radius 3 is 2.65 bits per heavy atom. The van der Waals surface area contributed by atoms with Gasteiger partial charge in [0.1, 0.15) is 0 Å². The third-order valence-corrected chi connectivity index (χ3v) is 3.77. The van der Waals surface area contributed by atoms with E-state index in [0.29, 0.717) is 0 Å². The van der Waals surface area contributed by atoms with Gasteiger partial charge in [-0.15, -0.1) is 24.0 Å². The Balaban J connectivity index is 0.00000200. The minimum Gasteiger partial charge on any atom is -0.380 e. The van der Waals surface area contributed by atoms with Crippen LogP contribution in [-0.2, 0) is 9.47 Å². The summed E-state index contributed by atoms with van der Waals surface area (Å²) in [4.78, 5) is 6.43. The Labute approximate surface area is 139 Å². The highest BCUT2D eigenvalue weighted by molar-refractivity contribution is 14.0. The average Bonchev–Trinajstić information content (AvgIpc) is 3.17. The van der Waals surface area contributed by atoms with Crippen LogP contribution in [0.5, 0.6) is 0 Å². The Bertz CT molecular complexity index is 318. The van der Waals surface area contributed by atoms with E-state index < -0.39 is 0 Å². The van der Waals surface area contributed by atoms with Crippen LogP contribution in [0, 0.1) is 11.3 Å². The fourth-order valence-corrected chi connectivity index (χ4v) is 2.07. The number of halogens is 1. The van der Waals surface area contributed by atoms with E-state index in [9.17, 15) is 0 Å². The van der Waals surface area contributed by atoms with Crippen LogP contribution < -0.4 is 5.32 Å². The number of guanidine groups is 1. The molecule has 2 rings (SSSR count). The quantitative estimate of drug-likeness (QED) is 0.307. The summed E-state index contributed by atoms with van der Waals surface area (Å²) in [6.45, 7) is 7.39. The van der Waals surface area contributed by atoms with Crippen molar-refractivity contribution in [1.29, 1.82) is 0 Å². The molecule has 1 aliphatic heterocycles. The van der Waals surface area contributed by atoms with Gasteiger partial charge in [0.2, 0.25) is 0 Å². The van der Waals surface area contributed by atoms with Gasteiger partial charge in [-0.2, -0.15) is 0 Å². The second-order valence-corrected chi connectivity index (χ2v) is 6.14. The molecule has 0 aromatic rings. The lowest BCUT2D eigenvalue weighted by molar-refractivity contribution is -0.0972. The van der Waals surface area contributed by atoms with E-state index in [-0.39, 0.29) is 29.4 Å². The minimum absolute atomic E-state index is 0. The van der Waals surface area contributed by atoms with Gasteiger partial charge in [-0.1, -0.05) is 6.92 Å². The topological polar surface area (TPSA) is 46.1 Å². The fourth-order valence-electron chi connectivity index (χ4n) is 2.07. The molecule has 0 unspecified atom stereocenters. The van der Waals surface area contributed by atoms with Crippen LogP contribution in [0.3, 0.4) is 0 Å². The molecule has 20 heavy (non-hydrogen) atoms. The SMILES string of the molecule is CN=C(NCC1(C)COC1)N(C)CCOCC1CC1.I. The molecule has 0 bridgehead atoms. The highest BCUT2D eigenvalue weighted by Crippen LogP contribution is 2.28. The molecule has 0 amide bonds. The number of hydrogen-bond acceptors (Lipinski definition) is 3. The summed E-state index contributed by atoms with van der Waals surface area (Å²) < 4.78 is 10.9. The number of nitrogens with one attached hydrogen (secondary N) is 1. The summed E-state index contributed by atoms with van der Waals surface area (Å²) >= 11 is 0. The average molecular weight is 397 g/mol. The molecule has 5 nitrogen and oxygen atoms in total. The van der Waals surface area contributed by atoms with Crippen molar-refractivity contribution in [2.45, 2.75) is 19.8 Å². The van der Waals surface area contributed by atoms with Crippen molar-refractivity contribution in [3.05, 3.63) is 0 Å². The van der Waals surface area contributed by atoms with Crippen molar-refractivity contribution in [3.63, 3.8) is 0 Å². The van der Waals surface area contributed by atoms with Gasteiger partial charge in [-0.3, -0.25) is 4.99 Å². The molecule has 1 heterocycles. The second kappa shape index (κ2) is 8.38. The van der Waals surface area contributed by atoms with E-state index in [4.69, 9.17) is 9.47 Å². The number of ether oxygens (including phenoxy) is 2. The smallest absolute Gasteiger partial charge is 0.193 e. The van der Waals surface area contributed by atoms with E-state index >= 15 is 0 Å². The van der Waals surface area contributed by atoms with Gasteiger partial charge in [-0.25, -0.2) is 0 Å². The van der Waals surface area contributed by atoms with Crippen LogP contribution in [0.2, 0.25) is 0 Å². The Hall–Kier alpha value is -0.0800. The zero-order chi connectivity index (χ0) is 13.7. The van der Waals surface area contributed by atoms with Crippen LogP contribution in [-0.4, -0.2) is 64.5 Å². The van der Waals surface area contributed by atoms with Gasteiger partial charge in [0, 0.05) is 39.2 Å². The molecule has 0 spiro atoms. The predicted octanol–water partition coefficient (Wildman–Crippen LogP) is 1.57. The number of rotatable bonds is 7. The van der Waals surface area contributed by atoms with Crippen molar-refractivity contribution in [1.82, 2.24) is 10.2 Å². The first-order valence-corrected chi connectivity index (χ1v) is 7.20. The molecule has 2 fully saturated rings. The van der Waals surface area contributed by atoms with Crippen LogP contribution >= 0.6 is 24.0 Å². The highest BCUT2D eigenvalue weighted by atomic mass is 127. The third-order valence-electron chi connectivity index (χ3n) is 3.77. The van der Waals surface area contributed by atoms with E-state index in [1.165, 1.54) is 12.8 Å². The van der Waals surface area contributed by atoms with Crippen LogP contribution in [0.25, 0.3) is 0 Å². The molecule has 0 radical (unpaired) electrons. The van der Waals surface area contributed by atoms with Gasteiger partial charge in [-0.05, 0) is 18.8 Å². The molecule has 0 aromatic carbocycles. The molecule has 1 saturated heterocycles. The first-order valence-electron chi connectivity index (χ1n) is 7.20. The lowest BCUT2D eigenvalue weighted by Gasteiger charge is -2.39. The third kappa shape index (κ3) is 5.73. The van der Waals surface area contributed by atoms with Gasteiger partial charge in [0.05, 0.1) is 19.8 Å². The number of nitrogens with zero attached hydrogens (tertiary/aromatic N) is 2. The molecule has 0 aromatic heterocycles. The van der Waals surface area contributed by atoms with Gasteiger partial charge in [0.15, 0.2) is 5.96 Å². The molecular weight excluding hydrogens is 369 g/mol. The molecule has 6 heteroatoms. The van der Waals surface area contributed by atoms with Crippen LogP contribution in [0.1, 0.15) is 19.8 Å². The number of hydrogen-bond donors (Lipinski definition) is 1. The van der Waals surface area contributed by atoms with Gasteiger partial charge < -0.3 is 19.7 Å². The number of aliphatic imine (C=N–C) groups is 1. The molecule has 1 saturated carbocycles. The molecular formula is C14H28IN3O2. The monoisotopic (exact) mass is 397 g/mol. The standard InChI is InChI=1S/C14H27N3O2.HI/c1-14(10-19-11-14)9-16-13(15-2)17(3)6-7-18-8-12-4-5-12;/h12H,4-11H2,1-3H3,(H,15,16);1H. The maximum atomic E-state index is 5.66. The molecule has 118 valence electrons. The Morgan fingerprint density at radius 2 is 2.15 bits per heavy atom. The first kappa shape index (κ1) is 18.0. The maximum absolute atomic E-state index is 5.66. The van der Waals surface area contributed by atoms with E-state index in [1.807, 2.05) is 7.05 Å². The Morgan fingerprint density at radius 1 is 1.45 bits per heavy atom. The zero-order valence-corrected chi connectivity index (χ0v) is 15.2. The summed E-state index contributed by atoms with van der Waals surface area (Å²) in [5, 5.41) is 3.41. The van der Waals surface area contributed by atoms with Crippen molar-refractivity contribution >= 4 is 29.9 Å². The van der Waals surface area contributed by atoms with Gasteiger partial charge >= 0.3 is 0 Å². The molecule has 2 aliphatic rings. The normalized spacial score (nSPS) is 20.9. The summed E-state index contributed by atoms with van der Waals surface area (Å²) in [5.74, 6) is 1.77. The van der Waals surface area contributed by atoms with Crippen molar-refractivity contribution in [2.75, 3.05) is 53.6 Å². The maximum Gasteiger partial charge on any atom is 0.193 e. The number of likely N-dealkylation sites (N-methyl/N-ethyl adjacent to an activating group) is 1. The van der Waals surface area contributed by atoms with Gasteiger partial charge in [0.25, 0.3) is 0 Å². The van der Waals surface area contributed by atoms with Crippen LogP contribution in [0.15, 0.2) is 4.99 Å². The van der Waals surface area contributed by atoms with Crippen LogP contribution in [0.4, 0.5) is 0 Å². The summed E-state index contributed by atoms with van der Waals surface area (Å²) in [7, 11) is 3.87. The summed E-state index contributed by atoms with van der Waals surface area (Å²) in [6, 6.07) is 0. The second-order valence-electron chi connectivity index (χ2n) is 6.14. The lowest BCUT2D eigenvalue weighted by Crippen LogP contribution is -2.51. The van der Waals surface area contributed by atoms with Crippen molar-refractivity contribution in [2.24, 2.45) is 16.3 Å². The van der Waals surface area contributed by atoms with Crippen molar-refractivity contribution < 1.29 is 9.47 Å². The van der Waals surface area contributed by atoms with Crippen molar-refractivity contribution in [3.8, 4) is 0 Å². The minimum atomic E-state index is 0. The molecule has 1 N–H and O–H groups in total. The molecule has 0 atom stereocenters. The summed E-state index contributed by atoms with van der Waals surface area (Å²) in [6.07, 6.45) is 2.69. The first-order chi connectivity index (χ1) is 9.13. The largest absolute Gasteiger partial charge is 0.380 e.